The first-order valence-electron chi connectivity index (χ1n) is 4.67. The largest absolute Gasteiger partial charge is 0.330 e. The Labute approximate surface area is 73.6 Å². The van der Waals surface area contributed by atoms with Crippen molar-refractivity contribution in [3.05, 3.63) is 35.4 Å². The standard InChI is InChI=1S/C11H15N/c12-8-9-5-6-10-3-1-2-4-11(10)7-9/h1-4,9H,5-8,12H2/t9-/m0/s1. The second kappa shape index (κ2) is 3.28. The quantitative estimate of drug-likeness (QED) is 0.667. The first kappa shape index (κ1) is 7.81. The van der Waals surface area contributed by atoms with E-state index in [2.05, 4.69) is 24.3 Å². The Bertz CT molecular complexity index is 267. The van der Waals surface area contributed by atoms with Crippen LogP contribution in [0.15, 0.2) is 24.3 Å². The Balaban J connectivity index is 2.23. The third-order valence-corrected chi connectivity index (χ3v) is 2.78. The minimum absolute atomic E-state index is 0.722. The highest BCUT2D eigenvalue weighted by molar-refractivity contribution is 5.29. The van der Waals surface area contributed by atoms with Gasteiger partial charge in [0.2, 0.25) is 0 Å². The Kier molecular flexibility index (Phi) is 2.13. The Morgan fingerprint density at radius 3 is 2.75 bits per heavy atom. The van der Waals surface area contributed by atoms with Crippen molar-refractivity contribution in [2.45, 2.75) is 19.3 Å². The highest BCUT2D eigenvalue weighted by Gasteiger charge is 2.15. The lowest BCUT2D eigenvalue weighted by Crippen LogP contribution is -2.21. The molecule has 0 fully saturated rings. The SMILES string of the molecule is NC[C@H]1CCc2ccccc2C1. The monoisotopic (exact) mass is 161 g/mol. The van der Waals surface area contributed by atoms with Gasteiger partial charge in [-0.15, -0.1) is 0 Å². The number of benzene rings is 1. The van der Waals surface area contributed by atoms with Crippen LogP contribution in [-0.2, 0) is 12.8 Å². The topological polar surface area (TPSA) is 26.0 Å². The molecule has 12 heavy (non-hydrogen) atoms. The molecular formula is C11H15N. The van der Waals surface area contributed by atoms with Crippen molar-refractivity contribution in [3.63, 3.8) is 0 Å². The molecule has 2 N–H and O–H groups in total. The lowest BCUT2D eigenvalue weighted by molar-refractivity contribution is 0.469. The molecule has 64 valence electrons. The molecular weight excluding hydrogens is 146 g/mol. The van der Waals surface area contributed by atoms with Crippen molar-refractivity contribution in [1.82, 2.24) is 0 Å². The number of fused-ring (bicyclic) bond motifs is 1. The molecule has 0 spiro atoms. The van der Waals surface area contributed by atoms with E-state index in [1.807, 2.05) is 0 Å². The van der Waals surface area contributed by atoms with Gasteiger partial charge in [-0.2, -0.15) is 0 Å². The van der Waals surface area contributed by atoms with Gasteiger partial charge in [0.05, 0.1) is 0 Å². The minimum atomic E-state index is 0.722. The van der Waals surface area contributed by atoms with Gasteiger partial charge in [-0.25, -0.2) is 0 Å². The molecule has 1 aromatic rings. The van der Waals surface area contributed by atoms with Crippen LogP contribution in [0.1, 0.15) is 17.5 Å². The first-order chi connectivity index (χ1) is 5.90. The van der Waals surface area contributed by atoms with Crippen LogP contribution < -0.4 is 5.73 Å². The van der Waals surface area contributed by atoms with Crippen LogP contribution in [0.2, 0.25) is 0 Å². The Morgan fingerprint density at radius 2 is 2.00 bits per heavy atom. The van der Waals surface area contributed by atoms with Crippen LogP contribution in [0.4, 0.5) is 0 Å². The summed E-state index contributed by atoms with van der Waals surface area (Å²) in [6, 6.07) is 8.72. The number of hydrogen-bond donors (Lipinski definition) is 1. The van der Waals surface area contributed by atoms with Crippen molar-refractivity contribution in [3.8, 4) is 0 Å². The van der Waals surface area contributed by atoms with Crippen LogP contribution in [0.25, 0.3) is 0 Å². The van der Waals surface area contributed by atoms with Crippen LogP contribution in [0, 0.1) is 5.92 Å². The number of aryl methyl sites for hydroxylation is 1. The molecule has 0 saturated carbocycles. The third-order valence-electron chi connectivity index (χ3n) is 2.78. The van der Waals surface area contributed by atoms with Crippen LogP contribution >= 0.6 is 0 Å². The molecule has 0 heterocycles. The summed E-state index contributed by atoms with van der Waals surface area (Å²) in [5.74, 6) is 0.722. The average molecular weight is 161 g/mol. The van der Waals surface area contributed by atoms with Gasteiger partial charge in [0.1, 0.15) is 0 Å². The van der Waals surface area contributed by atoms with E-state index < -0.39 is 0 Å². The molecule has 1 aliphatic carbocycles. The third kappa shape index (κ3) is 1.37. The van der Waals surface area contributed by atoms with Gasteiger partial charge in [-0.05, 0) is 42.9 Å². The molecule has 0 amide bonds. The molecule has 1 nitrogen and oxygen atoms in total. The summed E-state index contributed by atoms with van der Waals surface area (Å²) in [4.78, 5) is 0. The van der Waals surface area contributed by atoms with E-state index >= 15 is 0 Å². The van der Waals surface area contributed by atoms with Crippen LogP contribution in [0.3, 0.4) is 0 Å². The maximum Gasteiger partial charge on any atom is -0.00456 e. The summed E-state index contributed by atoms with van der Waals surface area (Å²) in [6.07, 6.45) is 3.68. The molecule has 1 heteroatoms. The number of hydrogen-bond acceptors (Lipinski definition) is 1. The summed E-state index contributed by atoms with van der Waals surface area (Å²) in [5, 5.41) is 0. The van der Waals surface area contributed by atoms with E-state index in [0.29, 0.717) is 0 Å². The van der Waals surface area contributed by atoms with Crippen molar-refractivity contribution >= 4 is 0 Å². The van der Waals surface area contributed by atoms with Crippen molar-refractivity contribution in [2.75, 3.05) is 6.54 Å². The van der Waals surface area contributed by atoms with Gasteiger partial charge < -0.3 is 5.73 Å². The highest BCUT2D eigenvalue weighted by atomic mass is 14.5. The minimum Gasteiger partial charge on any atom is -0.330 e. The predicted octanol–water partition coefficient (Wildman–Crippen LogP) is 1.75. The van der Waals surface area contributed by atoms with E-state index in [1.54, 1.807) is 0 Å². The molecule has 0 radical (unpaired) electrons. The average Bonchev–Trinajstić information content (AvgIpc) is 2.17. The molecule has 1 aliphatic rings. The van der Waals surface area contributed by atoms with Gasteiger partial charge in [0.25, 0.3) is 0 Å². The summed E-state index contributed by atoms with van der Waals surface area (Å²) in [7, 11) is 0. The summed E-state index contributed by atoms with van der Waals surface area (Å²) in [5.41, 5.74) is 8.70. The summed E-state index contributed by atoms with van der Waals surface area (Å²) < 4.78 is 0. The fourth-order valence-electron chi connectivity index (χ4n) is 1.97. The van der Waals surface area contributed by atoms with Gasteiger partial charge in [-0.3, -0.25) is 0 Å². The van der Waals surface area contributed by atoms with E-state index in [0.717, 1.165) is 12.5 Å². The highest BCUT2D eigenvalue weighted by Crippen LogP contribution is 2.24. The van der Waals surface area contributed by atoms with E-state index in [9.17, 15) is 0 Å². The predicted molar refractivity (Wildman–Crippen MR) is 51.0 cm³/mol. The normalized spacial score (nSPS) is 21.9. The number of nitrogens with two attached hydrogens (primary N) is 1. The molecule has 0 bridgehead atoms. The zero-order valence-corrected chi connectivity index (χ0v) is 7.29. The Hall–Kier alpha value is -0.820. The summed E-state index contributed by atoms with van der Waals surface area (Å²) >= 11 is 0. The molecule has 0 aromatic heterocycles. The maximum absolute atomic E-state index is 5.66. The lowest BCUT2D eigenvalue weighted by atomic mass is 9.84. The van der Waals surface area contributed by atoms with Crippen LogP contribution in [0.5, 0.6) is 0 Å². The van der Waals surface area contributed by atoms with Gasteiger partial charge in [0, 0.05) is 0 Å². The first-order valence-corrected chi connectivity index (χ1v) is 4.67. The van der Waals surface area contributed by atoms with Crippen molar-refractivity contribution in [2.24, 2.45) is 11.7 Å². The molecule has 1 aromatic carbocycles. The van der Waals surface area contributed by atoms with Gasteiger partial charge in [-0.1, -0.05) is 24.3 Å². The van der Waals surface area contributed by atoms with E-state index in [1.165, 1.54) is 30.4 Å². The fraction of sp³-hybridized carbons (Fsp3) is 0.455. The van der Waals surface area contributed by atoms with Gasteiger partial charge >= 0.3 is 0 Å². The fourth-order valence-corrected chi connectivity index (χ4v) is 1.97. The molecule has 0 saturated heterocycles. The second-order valence-corrected chi connectivity index (χ2v) is 3.61. The zero-order chi connectivity index (χ0) is 8.39. The zero-order valence-electron chi connectivity index (χ0n) is 7.29. The lowest BCUT2D eigenvalue weighted by Gasteiger charge is -2.22. The van der Waals surface area contributed by atoms with Crippen molar-refractivity contribution < 1.29 is 0 Å². The molecule has 0 aliphatic heterocycles. The van der Waals surface area contributed by atoms with Crippen molar-refractivity contribution in [1.29, 1.82) is 0 Å². The number of rotatable bonds is 1. The molecule has 2 rings (SSSR count). The smallest absolute Gasteiger partial charge is 0.00456 e. The summed E-state index contributed by atoms with van der Waals surface area (Å²) in [6.45, 7) is 0.842. The van der Waals surface area contributed by atoms with Gasteiger partial charge in [0.15, 0.2) is 0 Å². The van der Waals surface area contributed by atoms with E-state index in [4.69, 9.17) is 5.73 Å². The van der Waals surface area contributed by atoms with Crippen LogP contribution in [-0.4, -0.2) is 6.54 Å². The van der Waals surface area contributed by atoms with E-state index in [-0.39, 0.29) is 0 Å². The maximum atomic E-state index is 5.66. The molecule has 0 unspecified atom stereocenters. The Morgan fingerprint density at radius 1 is 1.25 bits per heavy atom. The molecule has 1 atom stereocenters. The second-order valence-electron chi connectivity index (χ2n) is 3.61.